The summed E-state index contributed by atoms with van der Waals surface area (Å²) in [6.45, 7) is 2.02. The number of ether oxygens (including phenoxy) is 1. The number of aromatic nitrogens is 3. The van der Waals surface area contributed by atoms with E-state index in [0.29, 0.717) is 5.82 Å². The van der Waals surface area contributed by atoms with Crippen LogP contribution in [0.4, 0.5) is 5.82 Å². The van der Waals surface area contributed by atoms with Crippen LogP contribution in [-0.2, 0) is 4.74 Å². The van der Waals surface area contributed by atoms with Gasteiger partial charge in [0.2, 0.25) is 0 Å². The number of pyridine rings is 1. The zero-order valence-electron chi connectivity index (χ0n) is 12.0. The summed E-state index contributed by atoms with van der Waals surface area (Å²) in [5, 5.41) is 12.4. The number of imidazole rings is 1. The fourth-order valence-corrected chi connectivity index (χ4v) is 1.82. The van der Waals surface area contributed by atoms with Crippen molar-refractivity contribution in [2.75, 3.05) is 19.0 Å². The van der Waals surface area contributed by atoms with Crippen molar-refractivity contribution in [2.45, 2.75) is 19.4 Å². The van der Waals surface area contributed by atoms with Crippen LogP contribution in [0, 0.1) is 0 Å². The highest BCUT2D eigenvalue weighted by atomic mass is 16.5. The minimum Gasteiger partial charge on any atom is -0.464 e. The normalized spacial score (nSPS) is 12.0. The van der Waals surface area contributed by atoms with E-state index in [0.717, 1.165) is 12.1 Å². The van der Waals surface area contributed by atoms with Gasteiger partial charge in [-0.05, 0) is 12.5 Å². The minimum absolute atomic E-state index is 0.0406. The van der Waals surface area contributed by atoms with Gasteiger partial charge in [-0.25, -0.2) is 14.8 Å². The summed E-state index contributed by atoms with van der Waals surface area (Å²) >= 11 is 0. The third-order valence-corrected chi connectivity index (χ3v) is 3.08. The molecule has 0 aliphatic carbocycles. The summed E-state index contributed by atoms with van der Waals surface area (Å²) < 4.78 is 6.33. The van der Waals surface area contributed by atoms with Gasteiger partial charge in [-0.3, -0.25) is 0 Å². The fraction of sp³-hybridized carbons (Fsp3) is 0.357. The summed E-state index contributed by atoms with van der Waals surface area (Å²) in [4.78, 5) is 19.6. The highest BCUT2D eigenvalue weighted by Gasteiger charge is 2.10. The third kappa shape index (κ3) is 3.57. The first-order chi connectivity index (χ1) is 10.2. The molecule has 2 rings (SSSR count). The molecule has 2 aromatic heterocycles. The van der Waals surface area contributed by atoms with E-state index in [4.69, 9.17) is 0 Å². The van der Waals surface area contributed by atoms with Gasteiger partial charge in [0.25, 0.3) is 0 Å². The maximum absolute atomic E-state index is 11.4. The monoisotopic (exact) mass is 290 g/mol. The number of carbonyl (C=O) groups is 1. The van der Waals surface area contributed by atoms with E-state index >= 15 is 0 Å². The zero-order valence-corrected chi connectivity index (χ0v) is 12.0. The molecule has 2 aromatic rings. The second-order valence-electron chi connectivity index (χ2n) is 4.49. The van der Waals surface area contributed by atoms with Crippen LogP contribution in [-0.4, -0.2) is 45.4 Å². The second-order valence-corrected chi connectivity index (χ2v) is 4.49. The van der Waals surface area contributed by atoms with Crippen LogP contribution in [0.5, 0.6) is 0 Å². The first-order valence-corrected chi connectivity index (χ1v) is 6.64. The fourth-order valence-electron chi connectivity index (χ4n) is 1.82. The molecule has 0 unspecified atom stereocenters. The highest BCUT2D eigenvalue weighted by molar-refractivity contribution is 5.86. The molecule has 7 nitrogen and oxygen atoms in total. The van der Waals surface area contributed by atoms with Crippen molar-refractivity contribution in [3.8, 4) is 5.69 Å². The molecule has 21 heavy (non-hydrogen) atoms. The van der Waals surface area contributed by atoms with E-state index in [1.807, 2.05) is 13.0 Å². The molecule has 0 radical (unpaired) electrons. The number of carbonyl (C=O) groups excluding carboxylic acids is 1. The van der Waals surface area contributed by atoms with Gasteiger partial charge < -0.3 is 19.7 Å². The smallest absolute Gasteiger partial charge is 0.358 e. The van der Waals surface area contributed by atoms with Crippen molar-refractivity contribution in [1.82, 2.24) is 14.5 Å². The van der Waals surface area contributed by atoms with Gasteiger partial charge >= 0.3 is 5.97 Å². The predicted octanol–water partition coefficient (Wildman–Crippen LogP) is 1.24. The van der Waals surface area contributed by atoms with Gasteiger partial charge in [0.15, 0.2) is 5.69 Å². The van der Waals surface area contributed by atoms with Crippen LogP contribution in [0.2, 0.25) is 0 Å². The Morgan fingerprint density at radius 2 is 2.33 bits per heavy atom. The number of aliphatic hydroxyl groups excluding tert-OH is 1. The van der Waals surface area contributed by atoms with Crippen molar-refractivity contribution in [3.63, 3.8) is 0 Å². The van der Waals surface area contributed by atoms with Crippen molar-refractivity contribution in [2.24, 2.45) is 0 Å². The number of nitrogens with one attached hydrogen (secondary N) is 1. The molecule has 2 N–H and O–H groups in total. The molecule has 1 atom stereocenters. The van der Waals surface area contributed by atoms with Gasteiger partial charge in [-0.2, -0.15) is 0 Å². The Kier molecular flexibility index (Phi) is 4.89. The number of hydrogen-bond acceptors (Lipinski definition) is 6. The Bertz CT molecular complexity index is 608. The van der Waals surface area contributed by atoms with Crippen molar-refractivity contribution in [1.29, 1.82) is 0 Å². The van der Waals surface area contributed by atoms with Crippen molar-refractivity contribution in [3.05, 3.63) is 36.5 Å². The van der Waals surface area contributed by atoms with E-state index in [2.05, 4.69) is 20.0 Å². The second kappa shape index (κ2) is 6.85. The largest absolute Gasteiger partial charge is 0.464 e. The van der Waals surface area contributed by atoms with E-state index in [1.165, 1.54) is 13.4 Å². The number of methoxy groups -OCH3 is 1. The average molecular weight is 290 g/mol. The number of nitrogens with zero attached hydrogens (tertiary/aromatic N) is 3. The first kappa shape index (κ1) is 15.0. The van der Waals surface area contributed by atoms with Crippen molar-refractivity contribution < 1.29 is 14.6 Å². The molecular formula is C14H18N4O3. The molecule has 7 heteroatoms. The molecular weight excluding hydrogens is 272 g/mol. The number of anilines is 1. The van der Waals surface area contributed by atoms with Gasteiger partial charge in [-0.15, -0.1) is 0 Å². The molecule has 0 aliphatic rings. The molecule has 112 valence electrons. The van der Waals surface area contributed by atoms with Gasteiger partial charge in [-0.1, -0.05) is 6.92 Å². The molecule has 0 fully saturated rings. The van der Waals surface area contributed by atoms with E-state index < -0.39 is 5.97 Å². The highest BCUT2D eigenvalue weighted by Crippen LogP contribution is 2.14. The first-order valence-electron chi connectivity index (χ1n) is 6.64. The number of esters is 1. The maximum atomic E-state index is 11.4. The molecule has 0 aliphatic heterocycles. The van der Waals surface area contributed by atoms with Crippen LogP contribution >= 0.6 is 0 Å². The molecule has 0 saturated heterocycles. The Balaban J connectivity index is 2.20. The summed E-state index contributed by atoms with van der Waals surface area (Å²) in [5.41, 5.74) is 1.05. The third-order valence-electron chi connectivity index (χ3n) is 3.08. The molecule has 0 aromatic carbocycles. The molecule has 0 saturated carbocycles. The quantitative estimate of drug-likeness (QED) is 0.778. The lowest BCUT2D eigenvalue weighted by Gasteiger charge is -2.15. The van der Waals surface area contributed by atoms with Gasteiger partial charge in [0.1, 0.15) is 12.1 Å². The van der Waals surface area contributed by atoms with Crippen LogP contribution < -0.4 is 5.32 Å². The lowest BCUT2D eigenvalue weighted by molar-refractivity contribution is 0.0594. The van der Waals surface area contributed by atoms with E-state index in [9.17, 15) is 9.90 Å². The SMILES string of the molecule is CC[C@@H](CO)Nc1cc(-n2cnc(C(=O)OC)c2)ccn1. The van der Waals surface area contributed by atoms with Crippen LogP contribution in [0.3, 0.4) is 0 Å². The Morgan fingerprint density at radius 1 is 1.52 bits per heavy atom. The zero-order chi connectivity index (χ0) is 15.2. The summed E-state index contributed by atoms with van der Waals surface area (Å²) in [7, 11) is 1.32. The number of aliphatic hydroxyl groups is 1. The number of hydrogen-bond donors (Lipinski definition) is 2. The standard InChI is InChI=1S/C14H18N4O3/c1-3-10(8-19)17-13-6-11(4-5-15-13)18-7-12(16-9-18)14(20)21-2/h4-7,9-10,19H,3,8H2,1-2H3,(H,15,17)/t10-/m0/s1. The lowest BCUT2D eigenvalue weighted by Crippen LogP contribution is -2.23. The Morgan fingerprint density at radius 3 is 3.00 bits per heavy atom. The average Bonchev–Trinajstić information content (AvgIpc) is 3.02. The molecule has 2 heterocycles. The Hall–Kier alpha value is -2.41. The predicted molar refractivity (Wildman–Crippen MR) is 77.5 cm³/mol. The van der Waals surface area contributed by atoms with Gasteiger partial charge in [0.05, 0.1) is 25.4 Å². The molecule has 0 amide bonds. The van der Waals surface area contributed by atoms with Gasteiger partial charge in [0, 0.05) is 18.5 Å². The molecule has 0 bridgehead atoms. The lowest BCUT2D eigenvalue weighted by atomic mass is 10.2. The minimum atomic E-state index is -0.479. The Labute approximate surface area is 122 Å². The van der Waals surface area contributed by atoms with E-state index in [-0.39, 0.29) is 18.3 Å². The summed E-state index contributed by atoms with van der Waals surface area (Å²) in [6, 6.07) is 3.58. The summed E-state index contributed by atoms with van der Waals surface area (Å²) in [5.74, 6) is 0.175. The van der Waals surface area contributed by atoms with Crippen molar-refractivity contribution >= 4 is 11.8 Å². The maximum Gasteiger partial charge on any atom is 0.358 e. The van der Waals surface area contributed by atoms with Crippen LogP contribution in [0.15, 0.2) is 30.9 Å². The van der Waals surface area contributed by atoms with E-state index in [1.54, 1.807) is 23.0 Å². The van der Waals surface area contributed by atoms with Crippen LogP contribution in [0.1, 0.15) is 23.8 Å². The van der Waals surface area contributed by atoms with Crippen LogP contribution in [0.25, 0.3) is 5.69 Å². The topological polar surface area (TPSA) is 89.3 Å². The summed E-state index contributed by atoms with van der Waals surface area (Å²) in [6.07, 6.45) is 5.57. The number of rotatable bonds is 6. The molecule has 0 spiro atoms.